The Morgan fingerprint density at radius 3 is 2.59 bits per heavy atom. The molecule has 0 saturated heterocycles. The number of nitrogens with zero attached hydrogens (tertiary/aromatic N) is 3. The van der Waals surface area contributed by atoms with E-state index in [2.05, 4.69) is 68.4 Å². The first-order valence-corrected chi connectivity index (χ1v) is 14.6. The summed E-state index contributed by atoms with van der Waals surface area (Å²) in [5.74, 6) is 1.21. The third kappa shape index (κ3) is 5.16. The number of rotatable bonds is 7. The summed E-state index contributed by atoms with van der Waals surface area (Å²) in [5, 5.41) is 6.03. The highest BCUT2D eigenvalue weighted by atomic mass is 79.9. The number of likely N-dealkylation sites (N-methyl/N-ethyl adjacent to an activating group) is 1. The molecule has 2 aromatic carbocycles. The van der Waals surface area contributed by atoms with E-state index in [4.69, 9.17) is 16.3 Å². The maximum atomic E-state index is 12.9. The van der Waals surface area contributed by atoms with Crippen LogP contribution in [0.15, 0.2) is 45.9 Å². The second-order valence-corrected chi connectivity index (χ2v) is 13.4. The van der Waals surface area contributed by atoms with Crippen molar-refractivity contribution in [2.24, 2.45) is 0 Å². The third-order valence-electron chi connectivity index (χ3n) is 6.91. The first kappa shape index (κ1) is 27.6. The standard InChI is InChI=1S/C26H31BrClN5O3S/c1-15(2)37(34,35)21-10-8-7-9-19(21)30-24-18(28)14-29-25(32-24)31-23-20(36-6)13-17-16(22(23)27)11-12-33(5)26(17,3)4/h7-10,13-15H,11-12H2,1-6H3,(H2,29,30,31,32). The summed E-state index contributed by atoms with van der Waals surface area (Å²) < 4.78 is 32.4. The van der Waals surface area contributed by atoms with Crippen molar-refractivity contribution < 1.29 is 13.2 Å². The van der Waals surface area contributed by atoms with Gasteiger partial charge in [0.05, 0.1) is 34.8 Å². The number of nitrogens with one attached hydrogen (secondary N) is 2. The van der Waals surface area contributed by atoms with Crippen LogP contribution in [0.2, 0.25) is 5.02 Å². The number of ether oxygens (including phenoxy) is 1. The van der Waals surface area contributed by atoms with Gasteiger partial charge in [-0.3, -0.25) is 4.90 Å². The second kappa shape index (κ2) is 10.4. The smallest absolute Gasteiger partial charge is 0.229 e. The molecule has 0 bridgehead atoms. The van der Waals surface area contributed by atoms with Gasteiger partial charge in [0.15, 0.2) is 15.7 Å². The fourth-order valence-corrected chi connectivity index (χ4v) is 6.37. The topological polar surface area (TPSA) is 96.4 Å². The molecule has 1 aliphatic heterocycles. The number of benzene rings is 2. The van der Waals surface area contributed by atoms with Gasteiger partial charge in [-0.25, -0.2) is 13.4 Å². The first-order chi connectivity index (χ1) is 17.4. The molecule has 0 spiro atoms. The number of fused-ring (bicyclic) bond motifs is 1. The number of hydrogen-bond acceptors (Lipinski definition) is 8. The maximum absolute atomic E-state index is 12.9. The predicted molar refractivity (Wildman–Crippen MR) is 152 cm³/mol. The number of para-hydroxylation sites is 1. The lowest BCUT2D eigenvalue weighted by atomic mass is 9.83. The number of sulfone groups is 1. The molecule has 0 aliphatic carbocycles. The number of hydrogen-bond donors (Lipinski definition) is 2. The number of methoxy groups -OCH3 is 1. The van der Waals surface area contributed by atoms with Crippen LogP contribution in [0.25, 0.3) is 0 Å². The minimum absolute atomic E-state index is 0.153. The molecule has 0 amide bonds. The van der Waals surface area contributed by atoms with Crippen LogP contribution in [0, 0.1) is 0 Å². The molecule has 3 aromatic rings. The lowest BCUT2D eigenvalue weighted by Crippen LogP contribution is -2.44. The number of halogens is 2. The van der Waals surface area contributed by atoms with Crippen molar-refractivity contribution in [2.45, 2.75) is 49.8 Å². The van der Waals surface area contributed by atoms with Crippen molar-refractivity contribution in [3.63, 3.8) is 0 Å². The molecular formula is C26H31BrClN5O3S. The Balaban J connectivity index is 1.72. The van der Waals surface area contributed by atoms with E-state index >= 15 is 0 Å². The molecule has 37 heavy (non-hydrogen) atoms. The zero-order valence-corrected chi connectivity index (χ0v) is 24.8. The quantitative estimate of drug-likeness (QED) is 0.323. The molecule has 0 saturated carbocycles. The van der Waals surface area contributed by atoms with Crippen molar-refractivity contribution in [3.8, 4) is 5.75 Å². The molecule has 4 rings (SSSR count). The SMILES string of the molecule is COc1cc2c(c(Br)c1Nc1ncc(Cl)c(Nc3ccccc3S(=O)(=O)C(C)C)n1)CCN(C)C2(C)C. The van der Waals surface area contributed by atoms with E-state index in [0.717, 1.165) is 17.4 Å². The highest BCUT2D eigenvalue weighted by Crippen LogP contribution is 2.46. The van der Waals surface area contributed by atoms with E-state index in [1.807, 2.05) is 0 Å². The number of aromatic nitrogens is 2. The average Bonchev–Trinajstić information content (AvgIpc) is 2.85. The van der Waals surface area contributed by atoms with Gasteiger partial charge in [-0.1, -0.05) is 23.7 Å². The Morgan fingerprint density at radius 1 is 1.22 bits per heavy atom. The van der Waals surface area contributed by atoms with Crippen LogP contribution in [-0.2, 0) is 21.8 Å². The Morgan fingerprint density at radius 2 is 1.92 bits per heavy atom. The summed E-state index contributed by atoms with van der Waals surface area (Å²) in [6.45, 7) is 8.61. The number of anilines is 4. The molecule has 0 radical (unpaired) electrons. The van der Waals surface area contributed by atoms with Crippen LogP contribution in [0.5, 0.6) is 5.75 Å². The molecule has 0 atom stereocenters. The van der Waals surface area contributed by atoms with Gasteiger partial charge < -0.3 is 15.4 Å². The fourth-order valence-electron chi connectivity index (χ4n) is 4.33. The van der Waals surface area contributed by atoms with Crippen molar-refractivity contribution in [3.05, 3.63) is 57.2 Å². The zero-order chi connectivity index (χ0) is 27.1. The van der Waals surface area contributed by atoms with E-state index in [-0.39, 0.29) is 27.2 Å². The minimum Gasteiger partial charge on any atom is -0.495 e. The molecule has 11 heteroatoms. The monoisotopic (exact) mass is 607 g/mol. The molecule has 1 aromatic heterocycles. The van der Waals surface area contributed by atoms with Crippen LogP contribution >= 0.6 is 27.5 Å². The summed E-state index contributed by atoms with van der Waals surface area (Å²) >= 11 is 10.2. The lowest BCUT2D eigenvalue weighted by molar-refractivity contribution is 0.143. The van der Waals surface area contributed by atoms with Crippen LogP contribution in [0.3, 0.4) is 0 Å². The summed E-state index contributed by atoms with van der Waals surface area (Å²) in [5.41, 5.74) is 3.34. The molecule has 8 nitrogen and oxygen atoms in total. The van der Waals surface area contributed by atoms with Crippen molar-refractivity contribution in [2.75, 3.05) is 31.3 Å². The van der Waals surface area contributed by atoms with Gasteiger partial charge in [0, 0.05) is 16.6 Å². The van der Waals surface area contributed by atoms with Gasteiger partial charge in [-0.2, -0.15) is 4.98 Å². The van der Waals surface area contributed by atoms with E-state index in [1.165, 1.54) is 17.3 Å². The highest BCUT2D eigenvalue weighted by molar-refractivity contribution is 9.10. The van der Waals surface area contributed by atoms with Gasteiger partial charge in [-0.15, -0.1) is 0 Å². The summed E-state index contributed by atoms with van der Waals surface area (Å²) in [4.78, 5) is 11.4. The zero-order valence-electron chi connectivity index (χ0n) is 21.7. The van der Waals surface area contributed by atoms with Crippen LogP contribution in [0.4, 0.5) is 23.1 Å². The molecule has 0 fully saturated rings. The Bertz CT molecular complexity index is 1450. The molecular weight excluding hydrogens is 578 g/mol. The first-order valence-electron chi connectivity index (χ1n) is 11.9. The third-order valence-corrected chi connectivity index (χ3v) is 10.3. The van der Waals surface area contributed by atoms with E-state index in [0.29, 0.717) is 17.1 Å². The highest BCUT2D eigenvalue weighted by Gasteiger charge is 2.35. The van der Waals surface area contributed by atoms with Gasteiger partial charge in [0.2, 0.25) is 5.95 Å². The van der Waals surface area contributed by atoms with Gasteiger partial charge in [0.25, 0.3) is 0 Å². The Labute approximate surface area is 231 Å². The molecule has 1 aliphatic rings. The lowest BCUT2D eigenvalue weighted by Gasteiger charge is -2.42. The fraction of sp³-hybridized carbons (Fsp3) is 0.385. The predicted octanol–water partition coefficient (Wildman–Crippen LogP) is 6.29. The van der Waals surface area contributed by atoms with Crippen LogP contribution in [0.1, 0.15) is 38.8 Å². The minimum atomic E-state index is -3.53. The molecule has 198 valence electrons. The normalized spacial score (nSPS) is 15.4. The van der Waals surface area contributed by atoms with Gasteiger partial charge >= 0.3 is 0 Å². The van der Waals surface area contributed by atoms with Gasteiger partial charge in [0.1, 0.15) is 10.8 Å². The summed E-state index contributed by atoms with van der Waals surface area (Å²) in [6.07, 6.45) is 2.35. The maximum Gasteiger partial charge on any atom is 0.229 e. The van der Waals surface area contributed by atoms with Crippen LogP contribution in [-0.4, -0.2) is 49.2 Å². The molecule has 2 heterocycles. The van der Waals surface area contributed by atoms with Crippen molar-refractivity contribution in [1.29, 1.82) is 0 Å². The second-order valence-electron chi connectivity index (χ2n) is 9.75. The molecule has 0 unspecified atom stereocenters. The van der Waals surface area contributed by atoms with E-state index in [9.17, 15) is 8.42 Å². The van der Waals surface area contributed by atoms with Crippen molar-refractivity contribution in [1.82, 2.24) is 14.9 Å². The average molecular weight is 609 g/mol. The Kier molecular flexibility index (Phi) is 7.77. The Hall–Kier alpha value is -2.40. The van der Waals surface area contributed by atoms with Crippen LogP contribution < -0.4 is 15.4 Å². The largest absolute Gasteiger partial charge is 0.495 e. The van der Waals surface area contributed by atoms with Crippen molar-refractivity contribution >= 4 is 60.5 Å². The van der Waals surface area contributed by atoms with E-state index < -0.39 is 15.1 Å². The summed E-state index contributed by atoms with van der Waals surface area (Å²) in [7, 11) is 0.220. The summed E-state index contributed by atoms with van der Waals surface area (Å²) in [6, 6.07) is 8.75. The molecule has 2 N–H and O–H groups in total. The van der Waals surface area contributed by atoms with E-state index in [1.54, 1.807) is 45.2 Å². The van der Waals surface area contributed by atoms with Gasteiger partial charge in [-0.05, 0) is 86.4 Å².